The second-order valence-electron chi connectivity index (χ2n) is 7.30. The van der Waals surface area contributed by atoms with Gasteiger partial charge >= 0.3 is 0 Å². The van der Waals surface area contributed by atoms with Crippen molar-refractivity contribution in [1.29, 1.82) is 0 Å². The molecule has 1 aliphatic rings. The molecule has 0 unspecified atom stereocenters. The fraction of sp³-hybridized carbons (Fsp3) is 0.318. The summed E-state index contributed by atoms with van der Waals surface area (Å²) in [6.45, 7) is 4.35. The zero-order valence-electron chi connectivity index (χ0n) is 17.2. The number of carbonyl (C=O) groups excluding carboxylic acids is 1. The summed E-state index contributed by atoms with van der Waals surface area (Å²) in [6.07, 6.45) is 2.14. The number of β-amino-alcohol motifs (C(OH)–C–C–N with tert-alkyl or cyclic N) is 1. The molecule has 0 aliphatic carbocycles. The van der Waals surface area contributed by atoms with Crippen molar-refractivity contribution in [2.24, 2.45) is 0 Å². The number of aliphatic hydroxyl groups is 1. The molecule has 1 saturated heterocycles. The zero-order valence-corrected chi connectivity index (χ0v) is 18.0. The van der Waals surface area contributed by atoms with Gasteiger partial charge in [0, 0.05) is 55.2 Å². The second kappa shape index (κ2) is 10.3. The van der Waals surface area contributed by atoms with Crippen molar-refractivity contribution >= 4 is 40.4 Å². The van der Waals surface area contributed by atoms with E-state index in [4.69, 9.17) is 5.11 Å². The van der Waals surface area contributed by atoms with Gasteiger partial charge in [0.25, 0.3) is 0 Å². The number of benzene rings is 1. The highest BCUT2D eigenvalue weighted by Crippen LogP contribution is 2.20. The number of anilines is 4. The fourth-order valence-electron chi connectivity index (χ4n) is 3.44. The smallest absolute Gasteiger partial charge is 0.229 e. The molecule has 0 radical (unpaired) electrons. The summed E-state index contributed by atoms with van der Waals surface area (Å²) in [5.41, 5.74) is 1.64. The first-order valence-corrected chi connectivity index (χ1v) is 11.2. The van der Waals surface area contributed by atoms with Gasteiger partial charge in [0.2, 0.25) is 11.9 Å². The summed E-state index contributed by atoms with van der Waals surface area (Å²) >= 11 is 1.58. The molecule has 1 amide bonds. The van der Waals surface area contributed by atoms with E-state index in [0.29, 0.717) is 18.9 Å². The van der Waals surface area contributed by atoms with Gasteiger partial charge in [-0.15, -0.1) is 11.3 Å². The van der Waals surface area contributed by atoms with Gasteiger partial charge in [-0.2, -0.15) is 4.98 Å². The number of nitrogens with one attached hydrogen (secondary N) is 2. The normalized spacial score (nSPS) is 14.4. The number of hydrogen-bond donors (Lipinski definition) is 3. The molecule has 1 fully saturated rings. The van der Waals surface area contributed by atoms with Crippen LogP contribution in [0.5, 0.6) is 0 Å². The van der Waals surface area contributed by atoms with E-state index in [1.54, 1.807) is 17.5 Å². The van der Waals surface area contributed by atoms with Crippen LogP contribution in [0.1, 0.15) is 4.88 Å². The molecule has 1 aromatic carbocycles. The number of aliphatic hydroxyl groups excluding tert-OH is 1. The third-order valence-electron chi connectivity index (χ3n) is 5.07. The van der Waals surface area contributed by atoms with E-state index in [2.05, 4.69) is 30.4 Å². The number of aromatic nitrogens is 2. The molecule has 162 valence electrons. The van der Waals surface area contributed by atoms with E-state index in [-0.39, 0.29) is 12.5 Å². The number of piperazine rings is 1. The minimum atomic E-state index is -0.0253. The van der Waals surface area contributed by atoms with Crippen LogP contribution in [-0.4, -0.2) is 65.2 Å². The van der Waals surface area contributed by atoms with Crippen molar-refractivity contribution in [2.75, 3.05) is 54.9 Å². The van der Waals surface area contributed by atoms with Gasteiger partial charge in [0.05, 0.1) is 13.0 Å². The van der Waals surface area contributed by atoms with Crippen LogP contribution in [0, 0.1) is 0 Å². The van der Waals surface area contributed by atoms with Gasteiger partial charge in [-0.1, -0.05) is 6.07 Å². The van der Waals surface area contributed by atoms with Gasteiger partial charge in [-0.25, -0.2) is 4.98 Å². The minimum absolute atomic E-state index is 0.0253. The summed E-state index contributed by atoms with van der Waals surface area (Å²) in [6, 6.07) is 13.3. The lowest BCUT2D eigenvalue weighted by molar-refractivity contribution is -0.115. The van der Waals surface area contributed by atoms with E-state index in [1.165, 1.54) is 0 Å². The quantitative estimate of drug-likeness (QED) is 0.498. The van der Waals surface area contributed by atoms with Crippen molar-refractivity contribution in [2.45, 2.75) is 6.42 Å². The van der Waals surface area contributed by atoms with Crippen molar-refractivity contribution in [3.63, 3.8) is 0 Å². The molecule has 0 atom stereocenters. The molecular formula is C22H26N6O2S. The lowest BCUT2D eigenvalue weighted by Gasteiger charge is -2.34. The fourth-order valence-corrected chi connectivity index (χ4v) is 4.15. The Bertz CT molecular complexity index is 972. The zero-order chi connectivity index (χ0) is 21.5. The van der Waals surface area contributed by atoms with Crippen molar-refractivity contribution in [1.82, 2.24) is 14.9 Å². The summed E-state index contributed by atoms with van der Waals surface area (Å²) in [7, 11) is 0. The highest BCUT2D eigenvalue weighted by atomic mass is 32.1. The van der Waals surface area contributed by atoms with Gasteiger partial charge in [-0.3, -0.25) is 9.69 Å². The predicted octanol–water partition coefficient (Wildman–Crippen LogP) is 2.58. The van der Waals surface area contributed by atoms with Gasteiger partial charge in [-0.05, 0) is 41.8 Å². The Balaban J connectivity index is 1.32. The number of nitrogens with zero attached hydrogens (tertiary/aromatic N) is 4. The van der Waals surface area contributed by atoms with Crippen LogP contribution in [0.2, 0.25) is 0 Å². The number of rotatable bonds is 8. The topological polar surface area (TPSA) is 93.6 Å². The van der Waals surface area contributed by atoms with Gasteiger partial charge in [0.15, 0.2) is 0 Å². The van der Waals surface area contributed by atoms with Crippen molar-refractivity contribution < 1.29 is 9.90 Å². The third-order valence-corrected chi connectivity index (χ3v) is 5.95. The Morgan fingerprint density at radius 3 is 2.55 bits per heavy atom. The molecule has 3 heterocycles. The predicted molar refractivity (Wildman–Crippen MR) is 124 cm³/mol. The van der Waals surface area contributed by atoms with Crippen LogP contribution in [0.3, 0.4) is 0 Å². The Morgan fingerprint density at radius 2 is 1.84 bits per heavy atom. The molecule has 31 heavy (non-hydrogen) atoms. The van der Waals surface area contributed by atoms with E-state index < -0.39 is 0 Å². The Morgan fingerprint density at radius 1 is 1.06 bits per heavy atom. The van der Waals surface area contributed by atoms with Crippen LogP contribution in [0.15, 0.2) is 54.0 Å². The first-order chi connectivity index (χ1) is 15.2. The summed E-state index contributed by atoms with van der Waals surface area (Å²) in [5.74, 6) is 1.39. The average molecular weight is 439 g/mol. The maximum atomic E-state index is 12.1. The van der Waals surface area contributed by atoms with Crippen LogP contribution < -0.4 is 15.5 Å². The molecule has 4 rings (SSSR count). The third kappa shape index (κ3) is 6.00. The maximum Gasteiger partial charge on any atom is 0.229 e. The molecule has 2 aromatic heterocycles. The van der Waals surface area contributed by atoms with E-state index in [1.807, 2.05) is 47.8 Å². The second-order valence-corrected chi connectivity index (χ2v) is 8.33. The van der Waals surface area contributed by atoms with Gasteiger partial charge < -0.3 is 20.6 Å². The molecule has 8 nitrogen and oxygen atoms in total. The maximum absolute atomic E-state index is 12.1. The standard InChI is InChI=1S/C22H26N6O2S/c29-14-13-27-9-11-28(12-10-27)22-23-8-7-20(26-22)24-17-3-5-18(6-4-17)25-21(30)16-19-2-1-15-31-19/h1-8,15,29H,9-14,16H2,(H,25,30)(H,23,24,26). The summed E-state index contributed by atoms with van der Waals surface area (Å²) < 4.78 is 0. The minimum Gasteiger partial charge on any atom is -0.395 e. The van der Waals surface area contributed by atoms with Crippen LogP contribution in [0.25, 0.3) is 0 Å². The average Bonchev–Trinajstić information content (AvgIpc) is 3.29. The number of thiophene rings is 1. The van der Waals surface area contributed by atoms with Crippen LogP contribution in [-0.2, 0) is 11.2 Å². The molecule has 3 aromatic rings. The molecule has 1 aliphatic heterocycles. The number of hydrogen-bond acceptors (Lipinski definition) is 8. The SMILES string of the molecule is O=C(Cc1cccs1)Nc1ccc(Nc2ccnc(N3CCN(CCO)CC3)n2)cc1. The van der Waals surface area contributed by atoms with Crippen molar-refractivity contribution in [3.8, 4) is 0 Å². The lowest BCUT2D eigenvalue weighted by atomic mass is 10.2. The molecule has 0 spiro atoms. The summed E-state index contributed by atoms with van der Waals surface area (Å²) in [5, 5.41) is 17.3. The van der Waals surface area contributed by atoms with E-state index in [9.17, 15) is 4.79 Å². The molecule has 0 saturated carbocycles. The molecule has 3 N–H and O–H groups in total. The lowest BCUT2D eigenvalue weighted by Crippen LogP contribution is -2.47. The Labute approximate surface area is 185 Å². The highest BCUT2D eigenvalue weighted by Gasteiger charge is 2.18. The largest absolute Gasteiger partial charge is 0.395 e. The summed E-state index contributed by atoms with van der Waals surface area (Å²) in [4.78, 5) is 26.6. The molecule has 9 heteroatoms. The first-order valence-electron chi connectivity index (χ1n) is 10.3. The van der Waals surface area contributed by atoms with Gasteiger partial charge in [0.1, 0.15) is 5.82 Å². The Hall–Kier alpha value is -3.01. The van der Waals surface area contributed by atoms with E-state index in [0.717, 1.165) is 48.2 Å². The Kier molecular flexibility index (Phi) is 7.08. The monoisotopic (exact) mass is 438 g/mol. The van der Waals surface area contributed by atoms with E-state index >= 15 is 0 Å². The molecule has 0 bridgehead atoms. The van der Waals surface area contributed by atoms with Crippen molar-refractivity contribution in [3.05, 3.63) is 58.9 Å². The number of carbonyl (C=O) groups is 1. The number of amides is 1. The first kappa shape index (κ1) is 21.2. The molecular weight excluding hydrogens is 412 g/mol. The highest BCUT2D eigenvalue weighted by molar-refractivity contribution is 7.10. The van der Waals surface area contributed by atoms with Crippen LogP contribution in [0.4, 0.5) is 23.1 Å². The van der Waals surface area contributed by atoms with Crippen LogP contribution >= 0.6 is 11.3 Å².